The summed E-state index contributed by atoms with van der Waals surface area (Å²) >= 11 is 6.08. The molecule has 3 aromatic rings. The topological polar surface area (TPSA) is 61.3 Å². The second kappa shape index (κ2) is 7.65. The van der Waals surface area contributed by atoms with Crippen LogP contribution >= 0.6 is 11.6 Å². The molecule has 2 aromatic carbocycles. The highest BCUT2D eigenvalue weighted by molar-refractivity contribution is 6.30. The predicted molar refractivity (Wildman–Crippen MR) is 118 cm³/mol. The van der Waals surface area contributed by atoms with Crippen molar-refractivity contribution in [2.45, 2.75) is 39.3 Å². The molecule has 29 heavy (non-hydrogen) atoms. The lowest BCUT2D eigenvalue weighted by molar-refractivity contribution is 0.0785. The molecule has 1 aromatic heterocycles. The number of nitrogens with zero attached hydrogens (tertiary/aromatic N) is 3. The summed E-state index contributed by atoms with van der Waals surface area (Å²) < 4.78 is 0. The van der Waals surface area contributed by atoms with E-state index in [4.69, 9.17) is 16.6 Å². The Morgan fingerprint density at radius 2 is 1.90 bits per heavy atom. The Balaban J connectivity index is 1.57. The maximum absolute atomic E-state index is 10.3. The van der Waals surface area contributed by atoms with E-state index in [1.165, 1.54) is 11.1 Å². The first-order valence-electron chi connectivity index (χ1n) is 9.76. The van der Waals surface area contributed by atoms with Crippen molar-refractivity contribution in [1.29, 1.82) is 0 Å². The van der Waals surface area contributed by atoms with E-state index in [9.17, 15) is 5.11 Å². The second-order valence-electron chi connectivity index (χ2n) is 8.04. The van der Waals surface area contributed by atoms with Crippen molar-refractivity contribution in [3.05, 3.63) is 75.9 Å². The minimum absolute atomic E-state index is 0.561. The third-order valence-corrected chi connectivity index (χ3v) is 5.41. The van der Waals surface area contributed by atoms with Crippen LogP contribution in [0.1, 0.15) is 36.2 Å². The standard InChI is InChI=1S/C23H25ClN4O/c1-15-11-21(27-22(25-15)26-20-6-4-5-19(24)13-20)28-10-9-16-12-18(23(2,3)29)8-7-17(16)14-28/h4-8,11-13,29H,9-10,14H2,1-3H3,(H,25,26,27). The van der Waals surface area contributed by atoms with Gasteiger partial charge in [-0.15, -0.1) is 0 Å². The molecular weight excluding hydrogens is 384 g/mol. The molecule has 0 bridgehead atoms. The number of halogens is 1. The molecule has 4 rings (SSSR count). The summed E-state index contributed by atoms with van der Waals surface area (Å²) in [5.41, 5.74) is 4.46. The average molecular weight is 409 g/mol. The molecule has 6 heteroatoms. The Morgan fingerprint density at radius 1 is 1.07 bits per heavy atom. The van der Waals surface area contributed by atoms with Gasteiger partial charge in [-0.25, -0.2) is 4.98 Å². The van der Waals surface area contributed by atoms with Crippen LogP contribution in [0.25, 0.3) is 0 Å². The van der Waals surface area contributed by atoms with Crippen LogP contribution in [0.2, 0.25) is 5.02 Å². The quantitative estimate of drug-likeness (QED) is 0.638. The van der Waals surface area contributed by atoms with Crippen molar-refractivity contribution in [3.8, 4) is 0 Å². The van der Waals surface area contributed by atoms with Crippen molar-refractivity contribution in [2.75, 3.05) is 16.8 Å². The first kappa shape index (κ1) is 19.7. The Hall–Kier alpha value is -2.63. The molecule has 0 radical (unpaired) electrons. The molecule has 1 aliphatic rings. The summed E-state index contributed by atoms with van der Waals surface area (Å²) in [5, 5.41) is 14.2. The van der Waals surface area contributed by atoms with Gasteiger partial charge in [0, 0.05) is 35.6 Å². The lowest BCUT2D eigenvalue weighted by atomic mass is 9.91. The van der Waals surface area contributed by atoms with Crippen LogP contribution in [0.4, 0.5) is 17.5 Å². The number of hydrogen-bond donors (Lipinski definition) is 2. The number of aryl methyl sites for hydroxylation is 1. The number of anilines is 3. The minimum atomic E-state index is -0.823. The van der Waals surface area contributed by atoms with E-state index in [1.807, 2.05) is 57.2 Å². The fourth-order valence-corrected chi connectivity index (χ4v) is 3.78. The van der Waals surface area contributed by atoms with Gasteiger partial charge in [-0.1, -0.05) is 35.9 Å². The fraction of sp³-hybridized carbons (Fsp3) is 0.304. The van der Waals surface area contributed by atoms with Crippen LogP contribution in [0, 0.1) is 6.92 Å². The highest BCUT2D eigenvalue weighted by Crippen LogP contribution is 2.29. The summed E-state index contributed by atoms with van der Waals surface area (Å²) in [6, 6.07) is 15.8. The van der Waals surface area contributed by atoms with E-state index in [1.54, 1.807) is 0 Å². The van der Waals surface area contributed by atoms with Crippen molar-refractivity contribution in [3.63, 3.8) is 0 Å². The first-order chi connectivity index (χ1) is 13.8. The number of benzene rings is 2. The Kier molecular flexibility index (Phi) is 5.19. The summed E-state index contributed by atoms with van der Waals surface area (Å²) in [6.45, 7) is 7.27. The van der Waals surface area contributed by atoms with Gasteiger partial charge >= 0.3 is 0 Å². The number of aliphatic hydroxyl groups is 1. The largest absolute Gasteiger partial charge is 0.386 e. The van der Waals surface area contributed by atoms with E-state index >= 15 is 0 Å². The number of hydrogen-bond acceptors (Lipinski definition) is 5. The zero-order valence-electron chi connectivity index (χ0n) is 16.9. The zero-order valence-corrected chi connectivity index (χ0v) is 17.7. The smallest absolute Gasteiger partial charge is 0.229 e. The molecule has 0 atom stereocenters. The summed E-state index contributed by atoms with van der Waals surface area (Å²) in [6.07, 6.45) is 0.916. The maximum atomic E-state index is 10.3. The summed E-state index contributed by atoms with van der Waals surface area (Å²) in [7, 11) is 0. The average Bonchev–Trinajstić information content (AvgIpc) is 2.66. The third-order valence-electron chi connectivity index (χ3n) is 5.17. The molecule has 0 saturated carbocycles. The lowest BCUT2D eigenvalue weighted by Gasteiger charge is -2.31. The van der Waals surface area contributed by atoms with Gasteiger partial charge in [-0.3, -0.25) is 0 Å². The van der Waals surface area contributed by atoms with Crippen molar-refractivity contribution < 1.29 is 5.11 Å². The monoisotopic (exact) mass is 408 g/mol. The van der Waals surface area contributed by atoms with Crippen LogP contribution < -0.4 is 10.2 Å². The van der Waals surface area contributed by atoms with Gasteiger partial charge in [0.25, 0.3) is 0 Å². The van der Waals surface area contributed by atoms with E-state index in [-0.39, 0.29) is 0 Å². The number of fused-ring (bicyclic) bond motifs is 1. The Morgan fingerprint density at radius 3 is 2.66 bits per heavy atom. The highest BCUT2D eigenvalue weighted by Gasteiger charge is 2.22. The van der Waals surface area contributed by atoms with Crippen molar-refractivity contribution >= 4 is 29.1 Å². The minimum Gasteiger partial charge on any atom is -0.386 e. The normalized spacial score (nSPS) is 13.9. The molecular formula is C23H25ClN4O. The van der Waals surface area contributed by atoms with E-state index < -0.39 is 5.60 Å². The Bertz CT molecular complexity index is 1050. The van der Waals surface area contributed by atoms with Crippen LogP contribution in [-0.2, 0) is 18.6 Å². The van der Waals surface area contributed by atoms with Crippen molar-refractivity contribution in [2.24, 2.45) is 0 Å². The number of nitrogens with one attached hydrogen (secondary N) is 1. The van der Waals surface area contributed by atoms with E-state index in [0.29, 0.717) is 11.0 Å². The third kappa shape index (κ3) is 4.52. The predicted octanol–water partition coefficient (Wildman–Crippen LogP) is 4.97. The molecule has 0 spiro atoms. The number of aromatic nitrogens is 2. The van der Waals surface area contributed by atoms with E-state index in [0.717, 1.165) is 42.3 Å². The maximum Gasteiger partial charge on any atom is 0.229 e. The fourth-order valence-electron chi connectivity index (χ4n) is 3.59. The zero-order chi connectivity index (χ0) is 20.6. The molecule has 0 unspecified atom stereocenters. The molecule has 1 aliphatic heterocycles. The molecule has 150 valence electrons. The summed E-state index contributed by atoms with van der Waals surface area (Å²) in [5.74, 6) is 1.46. The lowest BCUT2D eigenvalue weighted by Crippen LogP contribution is -2.31. The van der Waals surface area contributed by atoms with Crippen molar-refractivity contribution in [1.82, 2.24) is 9.97 Å². The van der Waals surface area contributed by atoms with Crippen LogP contribution in [-0.4, -0.2) is 21.6 Å². The van der Waals surface area contributed by atoms with E-state index in [2.05, 4.69) is 27.3 Å². The molecule has 0 aliphatic carbocycles. The molecule has 5 nitrogen and oxygen atoms in total. The Labute approximate surface area is 176 Å². The molecule has 0 amide bonds. The molecule has 2 heterocycles. The van der Waals surface area contributed by atoms with Gasteiger partial charge in [0.05, 0.1) is 5.60 Å². The molecule has 0 fully saturated rings. The highest BCUT2D eigenvalue weighted by atomic mass is 35.5. The molecule has 0 saturated heterocycles. The number of rotatable bonds is 4. The van der Waals surface area contributed by atoms with Gasteiger partial charge in [-0.05, 0) is 62.1 Å². The van der Waals surface area contributed by atoms with Gasteiger partial charge in [-0.2, -0.15) is 4.98 Å². The van der Waals surface area contributed by atoms with Crippen LogP contribution in [0.5, 0.6) is 0 Å². The SMILES string of the molecule is Cc1cc(N2CCc3cc(C(C)(C)O)ccc3C2)nc(Nc2cccc(Cl)c2)n1. The second-order valence-corrected chi connectivity index (χ2v) is 8.48. The van der Waals surface area contributed by atoms with Crippen LogP contribution in [0.15, 0.2) is 48.5 Å². The van der Waals surface area contributed by atoms with Gasteiger partial charge < -0.3 is 15.3 Å². The summed E-state index contributed by atoms with van der Waals surface area (Å²) in [4.78, 5) is 11.5. The molecule has 2 N–H and O–H groups in total. The van der Waals surface area contributed by atoms with Gasteiger partial charge in [0.15, 0.2) is 0 Å². The van der Waals surface area contributed by atoms with Gasteiger partial charge in [0.1, 0.15) is 5.82 Å². The first-order valence-corrected chi connectivity index (χ1v) is 10.1. The van der Waals surface area contributed by atoms with Crippen LogP contribution in [0.3, 0.4) is 0 Å². The van der Waals surface area contributed by atoms with Gasteiger partial charge in [0.2, 0.25) is 5.95 Å².